The molecule has 4 heteroatoms. The summed E-state index contributed by atoms with van der Waals surface area (Å²) < 4.78 is 5.00. The minimum Gasteiger partial charge on any atom is -0.460 e. The lowest BCUT2D eigenvalue weighted by molar-refractivity contribution is -0.143. The number of carbonyl (C=O) groups is 1. The second-order valence-corrected chi connectivity index (χ2v) is 4.66. The number of benzene rings is 1. The van der Waals surface area contributed by atoms with Crippen molar-refractivity contribution in [1.29, 1.82) is 0 Å². The summed E-state index contributed by atoms with van der Waals surface area (Å²) in [7, 11) is 0. The van der Waals surface area contributed by atoms with Crippen LogP contribution in [0.2, 0.25) is 5.02 Å². The number of hydrogen-bond acceptors (Lipinski definition) is 2. The molecule has 0 amide bonds. The predicted octanol–water partition coefficient (Wildman–Crippen LogP) is 3.17. The molecular weight excluding hydrogens is 267 g/mol. The van der Waals surface area contributed by atoms with Crippen LogP contribution in [-0.2, 0) is 16.1 Å². The van der Waals surface area contributed by atoms with Crippen LogP contribution in [0.25, 0.3) is 0 Å². The molecule has 2 nitrogen and oxygen atoms in total. The van der Waals surface area contributed by atoms with Crippen molar-refractivity contribution in [2.24, 2.45) is 0 Å². The Morgan fingerprint density at radius 3 is 2.57 bits per heavy atom. The molecule has 0 bridgehead atoms. The van der Waals surface area contributed by atoms with E-state index in [0.29, 0.717) is 5.02 Å². The van der Waals surface area contributed by atoms with Gasteiger partial charge in [0, 0.05) is 5.02 Å². The fraction of sp³-hybridized carbons (Fsp3) is 0.300. The number of hydrogen-bond donors (Lipinski definition) is 0. The van der Waals surface area contributed by atoms with Crippen LogP contribution in [0.1, 0.15) is 12.5 Å². The molecule has 0 aliphatic rings. The third kappa shape index (κ3) is 3.68. The van der Waals surface area contributed by atoms with Gasteiger partial charge in [-0.2, -0.15) is 0 Å². The van der Waals surface area contributed by atoms with E-state index in [0.717, 1.165) is 5.56 Å². The van der Waals surface area contributed by atoms with E-state index in [4.69, 9.17) is 16.3 Å². The Balaban J connectivity index is 2.46. The molecule has 1 aromatic rings. The zero-order valence-electron chi connectivity index (χ0n) is 7.67. The van der Waals surface area contributed by atoms with E-state index in [1.807, 2.05) is 12.1 Å². The molecule has 0 saturated heterocycles. The van der Waals surface area contributed by atoms with Gasteiger partial charge < -0.3 is 4.74 Å². The van der Waals surface area contributed by atoms with Crippen molar-refractivity contribution in [3.05, 3.63) is 34.9 Å². The lowest BCUT2D eigenvalue weighted by Crippen LogP contribution is -2.13. The summed E-state index contributed by atoms with van der Waals surface area (Å²) in [6.45, 7) is 2.01. The van der Waals surface area contributed by atoms with E-state index in [-0.39, 0.29) is 17.4 Å². The van der Waals surface area contributed by atoms with Gasteiger partial charge in [-0.1, -0.05) is 39.7 Å². The molecule has 0 N–H and O–H groups in total. The fourth-order valence-electron chi connectivity index (χ4n) is 0.850. The summed E-state index contributed by atoms with van der Waals surface area (Å²) in [5.41, 5.74) is 0.927. The van der Waals surface area contributed by atoms with E-state index in [1.165, 1.54) is 0 Å². The topological polar surface area (TPSA) is 26.3 Å². The zero-order valence-corrected chi connectivity index (χ0v) is 10.0. The first-order chi connectivity index (χ1) is 6.59. The molecule has 1 rings (SSSR count). The summed E-state index contributed by atoms with van der Waals surface area (Å²) in [5, 5.41) is 0.675. The lowest BCUT2D eigenvalue weighted by Gasteiger charge is -2.05. The molecule has 1 aromatic carbocycles. The third-order valence-electron chi connectivity index (χ3n) is 1.62. The van der Waals surface area contributed by atoms with Crippen molar-refractivity contribution in [3.8, 4) is 0 Å². The maximum absolute atomic E-state index is 11.1. The van der Waals surface area contributed by atoms with Crippen LogP contribution in [0.15, 0.2) is 24.3 Å². The molecule has 0 aliphatic carbocycles. The number of alkyl halides is 1. The highest BCUT2D eigenvalue weighted by Gasteiger charge is 2.09. The van der Waals surface area contributed by atoms with Gasteiger partial charge in [-0.25, -0.2) is 0 Å². The van der Waals surface area contributed by atoms with Crippen molar-refractivity contribution in [2.75, 3.05) is 0 Å². The first-order valence-electron chi connectivity index (χ1n) is 4.15. The first kappa shape index (κ1) is 11.5. The molecule has 0 spiro atoms. The van der Waals surface area contributed by atoms with Gasteiger partial charge in [0.25, 0.3) is 0 Å². The van der Waals surface area contributed by atoms with Gasteiger partial charge in [0.05, 0.1) is 0 Å². The van der Waals surface area contributed by atoms with Crippen LogP contribution in [0, 0.1) is 0 Å². The van der Waals surface area contributed by atoms with Crippen molar-refractivity contribution in [1.82, 2.24) is 0 Å². The molecule has 0 aliphatic heterocycles. The molecule has 1 unspecified atom stereocenters. The third-order valence-corrected chi connectivity index (χ3v) is 2.24. The molecule has 0 radical (unpaired) electrons. The average molecular weight is 278 g/mol. The number of carbonyl (C=O) groups excluding carboxylic acids is 1. The molecule has 0 heterocycles. The first-order valence-corrected chi connectivity index (χ1v) is 5.44. The summed E-state index contributed by atoms with van der Waals surface area (Å²) in [6.07, 6.45) is 0. The lowest BCUT2D eigenvalue weighted by atomic mass is 10.2. The Labute approximate surface area is 96.3 Å². The average Bonchev–Trinajstić information content (AvgIpc) is 2.16. The van der Waals surface area contributed by atoms with Crippen molar-refractivity contribution < 1.29 is 9.53 Å². The van der Waals surface area contributed by atoms with Gasteiger partial charge in [0.2, 0.25) is 0 Å². The van der Waals surface area contributed by atoms with Crippen LogP contribution in [-0.4, -0.2) is 10.8 Å². The van der Waals surface area contributed by atoms with Crippen LogP contribution in [0.3, 0.4) is 0 Å². The van der Waals surface area contributed by atoms with E-state index < -0.39 is 0 Å². The Morgan fingerprint density at radius 2 is 2.07 bits per heavy atom. The SMILES string of the molecule is CC(Br)C(=O)OCc1ccc(Cl)cc1. The van der Waals surface area contributed by atoms with Gasteiger partial charge in [-0.15, -0.1) is 0 Å². The van der Waals surface area contributed by atoms with E-state index in [2.05, 4.69) is 15.9 Å². The van der Waals surface area contributed by atoms with Crippen LogP contribution < -0.4 is 0 Å². The van der Waals surface area contributed by atoms with Gasteiger partial charge in [0.1, 0.15) is 11.4 Å². The molecule has 14 heavy (non-hydrogen) atoms. The maximum Gasteiger partial charge on any atom is 0.319 e. The number of rotatable bonds is 3. The van der Waals surface area contributed by atoms with E-state index in [9.17, 15) is 4.79 Å². The molecule has 0 aromatic heterocycles. The Hall–Kier alpha value is -0.540. The normalized spacial score (nSPS) is 12.2. The summed E-state index contributed by atoms with van der Waals surface area (Å²) in [4.78, 5) is 10.8. The zero-order chi connectivity index (χ0) is 10.6. The second kappa shape index (κ2) is 5.37. The predicted molar refractivity (Wildman–Crippen MR) is 59.6 cm³/mol. The number of halogens is 2. The standard InChI is InChI=1S/C10H10BrClO2/c1-7(11)10(13)14-6-8-2-4-9(12)5-3-8/h2-5,7H,6H2,1H3. The summed E-state index contributed by atoms with van der Waals surface area (Å²) in [5.74, 6) is -0.264. The minimum absolute atomic E-state index is 0.264. The van der Waals surface area contributed by atoms with Gasteiger partial charge in [-0.05, 0) is 24.6 Å². The highest BCUT2D eigenvalue weighted by Crippen LogP contribution is 2.11. The summed E-state index contributed by atoms with van der Waals surface area (Å²) in [6, 6.07) is 7.19. The minimum atomic E-state index is -0.269. The Bertz CT molecular complexity index is 308. The van der Waals surface area contributed by atoms with Crippen LogP contribution in [0.5, 0.6) is 0 Å². The van der Waals surface area contributed by atoms with Crippen molar-refractivity contribution in [3.63, 3.8) is 0 Å². The molecule has 76 valence electrons. The van der Waals surface area contributed by atoms with Gasteiger partial charge in [0.15, 0.2) is 0 Å². The smallest absolute Gasteiger partial charge is 0.319 e. The highest BCUT2D eigenvalue weighted by molar-refractivity contribution is 9.10. The molecule has 0 fully saturated rings. The molecule has 1 atom stereocenters. The number of ether oxygens (including phenoxy) is 1. The Morgan fingerprint density at radius 1 is 1.50 bits per heavy atom. The maximum atomic E-state index is 11.1. The van der Waals surface area contributed by atoms with Gasteiger partial charge >= 0.3 is 5.97 Å². The highest BCUT2D eigenvalue weighted by atomic mass is 79.9. The molecular formula is C10H10BrClO2. The molecule has 0 saturated carbocycles. The van der Waals surface area contributed by atoms with Crippen molar-refractivity contribution in [2.45, 2.75) is 18.4 Å². The number of esters is 1. The van der Waals surface area contributed by atoms with Crippen LogP contribution >= 0.6 is 27.5 Å². The Kier molecular flexibility index (Phi) is 4.42. The monoisotopic (exact) mass is 276 g/mol. The second-order valence-electron chi connectivity index (χ2n) is 2.85. The fourth-order valence-corrected chi connectivity index (χ4v) is 1.11. The van der Waals surface area contributed by atoms with Gasteiger partial charge in [-0.3, -0.25) is 4.79 Å². The largest absolute Gasteiger partial charge is 0.460 e. The van der Waals surface area contributed by atoms with E-state index in [1.54, 1.807) is 19.1 Å². The van der Waals surface area contributed by atoms with Crippen LogP contribution in [0.4, 0.5) is 0 Å². The summed E-state index contributed by atoms with van der Waals surface area (Å²) >= 11 is 8.84. The van der Waals surface area contributed by atoms with E-state index >= 15 is 0 Å². The van der Waals surface area contributed by atoms with Crippen molar-refractivity contribution >= 4 is 33.5 Å². The quantitative estimate of drug-likeness (QED) is 0.626.